The van der Waals surface area contributed by atoms with Gasteiger partial charge in [-0.25, -0.2) is 0 Å². The van der Waals surface area contributed by atoms with Crippen molar-refractivity contribution in [2.75, 3.05) is 37.6 Å². The van der Waals surface area contributed by atoms with Gasteiger partial charge < -0.3 is 10.2 Å². The number of anilines is 1. The summed E-state index contributed by atoms with van der Waals surface area (Å²) in [6, 6.07) is 8.50. The quantitative estimate of drug-likeness (QED) is 0.893. The minimum atomic E-state index is -0.154. The highest BCUT2D eigenvalue weighted by molar-refractivity contribution is 6.07. The highest BCUT2D eigenvalue weighted by Gasteiger charge is 2.23. The smallest absolute Gasteiger partial charge is 0.272 e. The number of benzene rings is 1. The van der Waals surface area contributed by atoms with E-state index in [9.17, 15) is 4.79 Å². The lowest BCUT2D eigenvalue weighted by Crippen LogP contribution is -2.49. The number of nitrogens with zero attached hydrogens (tertiary/aromatic N) is 4. The maximum atomic E-state index is 12.5. The van der Waals surface area contributed by atoms with Crippen LogP contribution in [0.3, 0.4) is 0 Å². The third-order valence-electron chi connectivity index (χ3n) is 4.90. The van der Waals surface area contributed by atoms with Crippen molar-refractivity contribution in [2.45, 2.75) is 33.7 Å². The molecule has 1 aromatic carbocycles. The van der Waals surface area contributed by atoms with Crippen LogP contribution < -0.4 is 10.2 Å². The lowest BCUT2D eigenvalue weighted by molar-refractivity contribution is 0.0945. The normalized spacial score (nSPS) is 15.8. The molecule has 0 saturated carbocycles. The van der Waals surface area contributed by atoms with Crippen molar-refractivity contribution < 1.29 is 4.79 Å². The number of fused-ring (bicyclic) bond motifs is 1. The molecule has 0 aliphatic carbocycles. The van der Waals surface area contributed by atoms with E-state index in [2.05, 4.69) is 53.0 Å². The molecule has 0 bridgehead atoms. The van der Waals surface area contributed by atoms with Gasteiger partial charge in [0.25, 0.3) is 5.91 Å². The molecule has 26 heavy (non-hydrogen) atoms. The topological polar surface area (TPSA) is 61.4 Å². The van der Waals surface area contributed by atoms with Crippen LogP contribution in [0.5, 0.6) is 0 Å². The first-order chi connectivity index (χ1) is 12.5. The van der Waals surface area contributed by atoms with E-state index < -0.39 is 0 Å². The van der Waals surface area contributed by atoms with Crippen LogP contribution in [0.4, 0.5) is 5.82 Å². The standard InChI is InChI=1S/C20H29N5O/c1-14(2)13-21-20(26)18-16-7-5-6-8-17(16)19(23-22-18)25-11-9-24(10-12-25)15(3)4/h5-8,14-15H,9-13H2,1-4H3,(H,21,26). The van der Waals surface area contributed by atoms with Crippen LogP contribution in [-0.2, 0) is 0 Å². The third kappa shape index (κ3) is 3.96. The Balaban J connectivity index is 1.87. The molecule has 1 aliphatic heterocycles. The van der Waals surface area contributed by atoms with Crippen molar-refractivity contribution in [1.29, 1.82) is 0 Å². The molecule has 1 N–H and O–H groups in total. The molecular weight excluding hydrogens is 326 g/mol. The van der Waals surface area contributed by atoms with Gasteiger partial charge in [-0.1, -0.05) is 38.1 Å². The summed E-state index contributed by atoms with van der Waals surface area (Å²) in [5.41, 5.74) is 0.408. The van der Waals surface area contributed by atoms with Gasteiger partial charge in [0, 0.05) is 49.5 Å². The zero-order valence-corrected chi connectivity index (χ0v) is 16.2. The lowest BCUT2D eigenvalue weighted by Gasteiger charge is -2.37. The molecule has 1 aromatic heterocycles. The first-order valence-electron chi connectivity index (χ1n) is 9.50. The lowest BCUT2D eigenvalue weighted by atomic mass is 10.1. The molecule has 0 unspecified atom stereocenters. The van der Waals surface area contributed by atoms with Gasteiger partial charge in [-0.05, 0) is 19.8 Å². The zero-order valence-electron chi connectivity index (χ0n) is 16.2. The molecule has 1 fully saturated rings. The maximum Gasteiger partial charge on any atom is 0.272 e. The minimum absolute atomic E-state index is 0.154. The number of hydrogen-bond acceptors (Lipinski definition) is 5. The molecule has 1 aliphatic rings. The number of amides is 1. The number of carbonyl (C=O) groups is 1. The van der Waals surface area contributed by atoms with Gasteiger partial charge in [-0.15, -0.1) is 10.2 Å². The van der Waals surface area contributed by atoms with Crippen LogP contribution in [0.25, 0.3) is 10.8 Å². The molecule has 6 nitrogen and oxygen atoms in total. The molecule has 2 heterocycles. The van der Waals surface area contributed by atoms with Gasteiger partial charge in [0.1, 0.15) is 0 Å². The number of aromatic nitrogens is 2. The van der Waals surface area contributed by atoms with E-state index >= 15 is 0 Å². The number of rotatable bonds is 5. The van der Waals surface area contributed by atoms with E-state index in [1.807, 2.05) is 24.3 Å². The Hall–Kier alpha value is -2.21. The van der Waals surface area contributed by atoms with E-state index in [1.54, 1.807) is 0 Å². The molecule has 0 atom stereocenters. The van der Waals surface area contributed by atoms with Gasteiger partial charge >= 0.3 is 0 Å². The second-order valence-electron chi connectivity index (χ2n) is 7.64. The van der Waals surface area contributed by atoms with Crippen LogP contribution in [0.1, 0.15) is 38.2 Å². The summed E-state index contributed by atoms with van der Waals surface area (Å²) in [5.74, 6) is 1.12. The van der Waals surface area contributed by atoms with Gasteiger partial charge in [-0.3, -0.25) is 9.69 Å². The van der Waals surface area contributed by atoms with E-state index in [1.165, 1.54) is 0 Å². The van der Waals surface area contributed by atoms with Crippen LogP contribution in [0, 0.1) is 5.92 Å². The monoisotopic (exact) mass is 355 g/mol. The predicted molar refractivity (Wildman–Crippen MR) is 106 cm³/mol. The first-order valence-corrected chi connectivity index (χ1v) is 9.50. The summed E-state index contributed by atoms with van der Waals surface area (Å²) < 4.78 is 0. The average molecular weight is 355 g/mol. The van der Waals surface area contributed by atoms with Gasteiger partial charge in [0.15, 0.2) is 11.5 Å². The van der Waals surface area contributed by atoms with Crippen LogP contribution in [-0.4, -0.2) is 59.8 Å². The minimum Gasteiger partial charge on any atom is -0.352 e. The van der Waals surface area contributed by atoms with Crippen molar-refractivity contribution in [3.8, 4) is 0 Å². The maximum absolute atomic E-state index is 12.5. The van der Waals surface area contributed by atoms with Crippen LogP contribution >= 0.6 is 0 Å². The molecule has 140 valence electrons. The fraction of sp³-hybridized carbons (Fsp3) is 0.550. The summed E-state index contributed by atoms with van der Waals surface area (Å²) in [4.78, 5) is 17.3. The van der Waals surface area contributed by atoms with Gasteiger partial charge in [0.05, 0.1) is 0 Å². The molecule has 2 aromatic rings. The Labute approximate surface area is 155 Å². The Morgan fingerprint density at radius 1 is 1.04 bits per heavy atom. The summed E-state index contributed by atoms with van der Waals surface area (Å²) in [7, 11) is 0. The van der Waals surface area contributed by atoms with E-state index in [4.69, 9.17) is 0 Å². The van der Waals surface area contributed by atoms with Gasteiger partial charge in [0.2, 0.25) is 0 Å². The van der Waals surface area contributed by atoms with Gasteiger partial charge in [-0.2, -0.15) is 0 Å². The summed E-state index contributed by atoms with van der Waals surface area (Å²) in [5, 5.41) is 13.5. The highest BCUT2D eigenvalue weighted by atomic mass is 16.1. The first kappa shape index (κ1) is 18.6. The second kappa shape index (κ2) is 7.99. The van der Waals surface area contributed by atoms with Crippen molar-refractivity contribution in [3.63, 3.8) is 0 Å². The van der Waals surface area contributed by atoms with Crippen LogP contribution in [0.15, 0.2) is 24.3 Å². The third-order valence-corrected chi connectivity index (χ3v) is 4.90. The molecular formula is C20H29N5O. The number of hydrogen-bond donors (Lipinski definition) is 1. The SMILES string of the molecule is CC(C)CNC(=O)c1nnc(N2CCN(C(C)C)CC2)c2ccccc12. The second-order valence-corrected chi connectivity index (χ2v) is 7.64. The van der Waals surface area contributed by atoms with Crippen molar-refractivity contribution in [1.82, 2.24) is 20.4 Å². The molecule has 6 heteroatoms. The fourth-order valence-corrected chi connectivity index (χ4v) is 3.32. The van der Waals surface area contributed by atoms with Crippen LogP contribution in [0.2, 0.25) is 0 Å². The Morgan fingerprint density at radius 2 is 1.69 bits per heavy atom. The Morgan fingerprint density at radius 3 is 2.31 bits per heavy atom. The fourth-order valence-electron chi connectivity index (χ4n) is 3.32. The van der Waals surface area contributed by atoms with Crippen molar-refractivity contribution in [2.24, 2.45) is 5.92 Å². The largest absolute Gasteiger partial charge is 0.352 e. The van der Waals surface area contributed by atoms with Crippen molar-refractivity contribution >= 4 is 22.5 Å². The molecule has 1 saturated heterocycles. The molecule has 1 amide bonds. The highest BCUT2D eigenvalue weighted by Crippen LogP contribution is 2.26. The zero-order chi connectivity index (χ0) is 18.7. The number of carbonyl (C=O) groups excluding carboxylic acids is 1. The molecule has 3 rings (SSSR count). The van der Waals surface area contributed by atoms with Crippen molar-refractivity contribution in [3.05, 3.63) is 30.0 Å². The average Bonchev–Trinajstić information content (AvgIpc) is 2.65. The number of nitrogens with one attached hydrogen (secondary N) is 1. The number of piperazine rings is 1. The van der Waals surface area contributed by atoms with E-state index in [0.29, 0.717) is 24.2 Å². The summed E-state index contributed by atoms with van der Waals surface area (Å²) in [6.45, 7) is 13.1. The molecule has 0 radical (unpaired) electrons. The van der Waals surface area contributed by atoms with E-state index in [0.717, 1.165) is 42.8 Å². The Kier molecular flexibility index (Phi) is 5.71. The van der Waals surface area contributed by atoms with E-state index in [-0.39, 0.29) is 5.91 Å². The molecule has 0 spiro atoms. The Bertz CT molecular complexity index is 766. The summed E-state index contributed by atoms with van der Waals surface area (Å²) >= 11 is 0. The summed E-state index contributed by atoms with van der Waals surface area (Å²) in [6.07, 6.45) is 0. The predicted octanol–water partition coefficient (Wildman–Crippen LogP) is 2.55.